The van der Waals surface area contributed by atoms with Crippen LogP contribution in [-0.2, 0) is 19.1 Å². The lowest BCUT2D eigenvalue weighted by Crippen LogP contribution is -2.70. The molecule has 0 amide bonds. The van der Waals surface area contributed by atoms with Gasteiger partial charge < -0.3 is 19.5 Å². The minimum atomic E-state index is -1.32. The van der Waals surface area contributed by atoms with Gasteiger partial charge >= 0.3 is 5.97 Å². The Balaban J connectivity index is 2.15. The van der Waals surface area contributed by atoms with Crippen molar-refractivity contribution in [3.63, 3.8) is 0 Å². The average Bonchev–Trinajstić information content (AvgIpc) is 2.53. The molecule has 24 heavy (non-hydrogen) atoms. The second-order valence-electron chi connectivity index (χ2n) is 7.37. The minimum absolute atomic E-state index is 0.102. The van der Waals surface area contributed by atoms with Crippen LogP contribution in [0.25, 0.3) is 0 Å². The molecule has 2 fully saturated rings. The van der Waals surface area contributed by atoms with Crippen LogP contribution in [0.5, 0.6) is 0 Å². The molecule has 2 aliphatic rings. The van der Waals surface area contributed by atoms with Gasteiger partial charge in [-0.05, 0) is 34.0 Å². The van der Waals surface area contributed by atoms with Crippen LogP contribution < -0.4 is 0 Å². The van der Waals surface area contributed by atoms with Crippen molar-refractivity contribution < 1.29 is 24.2 Å². The van der Waals surface area contributed by atoms with Crippen LogP contribution in [0.3, 0.4) is 0 Å². The zero-order valence-corrected chi connectivity index (χ0v) is 15.2. The summed E-state index contributed by atoms with van der Waals surface area (Å²) >= 11 is 0. The first-order chi connectivity index (χ1) is 11.2. The summed E-state index contributed by atoms with van der Waals surface area (Å²) in [5.74, 6) is -2.84. The van der Waals surface area contributed by atoms with E-state index in [0.29, 0.717) is 13.0 Å². The lowest BCUT2D eigenvalue weighted by Gasteiger charge is -2.53. The predicted molar refractivity (Wildman–Crippen MR) is 88.4 cm³/mol. The Kier molecular flexibility index (Phi) is 6.01. The van der Waals surface area contributed by atoms with Gasteiger partial charge in [0.2, 0.25) is 0 Å². The molecule has 7 nitrogen and oxygen atoms in total. The number of ether oxygens (including phenoxy) is 2. The van der Waals surface area contributed by atoms with Crippen LogP contribution in [0.1, 0.15) is 32.6 Å². The molecule has 1 spiro atoms. The van der Waals surface area contributed by atoms with Gasteiger partial charge in [-0.25, -0.2) is 0 Å². The molecule has 0 aromatic heterocycles. The van der Waals surface area contributed by atoms with Crippen molar-refractivity contribution in [1.82, 2.24) is 9.80 Å². The fraction of sp³-hybridized carbons (Fsp3) is 0.882. The Bertz CT molecular complexity index is 478. The number of likely N-dealkylation sites (tertiary alicyclic amines) is 1. The minimum Gasteiger partial charge on any atom is -0.463 e. The number of esters is 1. The lowest BCUT2D eigenvalue weighted by molar-refractivity contribution is -0.196. The second kappa shape index (κ2) is 7.47. The van der Waals surface area contributed by atoms with E-state index in [-0.39, 0.29) is 24.2 Å². The Morgan fingerprint density at radius 2 is 1.92 bits per heavy atom. The molecule has 2 rings (SSSR count). The molecule has 1 unspecified atom stereocenters. The first-order valence-electron chi connectivity index (χ1n) is 8.58. The molecule has 2 saturated heterocycles. The van der Waals surface area contributed by atoms with Crippen molar-refractivity contribution in [2.45, 2.75) is 43.9 Å². The number of likely N-dealkylation sites (N-methyl/N-ethyl adjacent to an activating group) is 2. The van der Waals surface area contributed by atoms with Crippen LogP contribution in [0.2, 0.25) is 0 Å². The van der Waals surface area contributed by atoms with Gasteiger partial charge in [0.15, 0.2) is 5.79 Å². The molecule has 0 aromatic rings. The third kappa shape index (κ3) is 4.14. The molecule has 0 saturated carbocycles. The molecule has 1 N–H and O–H groups in total. The molecule has 2 atom stereocenters. The summed E-state index contributed by atoms with van der Waals surface area (Å²) in [4.78, 5) is 28.8. The summed E-state index contributed by atoms with van der Waals surface area (Å²) in [5.41, 5.74) is -0.216. The average molecular weight is 342 g/mol. The predicted octanol–water partition coefficient (Wildman–Crippen LogP) is 0.260. The summed E-state index contributed by atoms with van der Waals surface area (Å²) in [6, 6.07) is 0. The Morgan fingerprint density at radius 1 is 1.25 bits per heavy atom. The van der Waals surface area contributed by atoms with Gasteiger partial charge in [-0.3, -0.25) is 14.5 Å². The highest BCUT2D eigenvalue weighted by Crippen LogP contribution is 2.29. The molecule has 2 heterocycles. The quantitative estimate of drug-likeness (QED) is 0.416. The molecule has 138 valence electrons. The summed E-state index contributed by atoms with van der Waals surface area (Å²) in [6.07, 6.45) is 1.49. The third-order valence-corrected chi connectivity index (χ3v) is 5.46. The van der Waals surface area contributed by atoms with E-state index in [1.54, 1.807) is 6.92 Å². The number of carbonyl (C=O) groups is 2. The van der Waals surface area contributed by atoms with Crippen molar-refractivity contribution in [2.24, 2.45) is 5.92 Å². The number of Topliss-reactive ketones (excluding diaryl/α,β-unsaturated/α-hetero) is 1. The first kappa shape index (κ1) is 19.3. The fourth-order valence-electron chi connectivity index (χ4n) is 3.56. The molecule has 2 aliphatic heterocycles. The number of methoxy groups -OCH3 is 1. The number of aliphatic hydroxyl groups is 1. The zero-order chi connectivity index (χ0) is 18.0. The number of carbonyl (C=O) groups excluding carboxylic acids is 2. The molecule has 0 bridgehead atoms. The van der Waals surface area contributed by atoms with Gasteiger partial charge in [0, 0.05) is 39.5 Å². The van der Waals surface area contributed by atoms with E-state index in [2.05, 4.69) is 9.80 Å². The molecular formula is C17H30N2O5. The second-order valence-corrected chi connectivity index (χ2v) is 7.37. The van der Waals surface area contributed by atoms with Gasteiger partial charge in [0.25, 0.3) is 0 Å². The van der Waals surface area contributed by atoms with Crippen LogP contribution in [-0.4, -0.2) is 85.4 Å². The summed E-state index contributed by atoms with van der Waals surface area (Å²) in [6.45, 7) is 4.25. The third-order valence-electron chi connectivity index (χ3n) is 5.46. The van der Waals surface area contributed by atoms with Crippen molar-refractivity contribution >= 4 is 11.8 Å². The summed E-state index contributed by atoms with van der Waals surface area (Å²) in [5, 5.41) is 10.5. The normalized spacial score (nSPS) is 34.0. The SMILES string of the molecule is CO[C@]1(O)CCCN(C)C2(COC(=O)C(C)C(=O)CC1)CN(C)C2. The topological polar surface area (TPSA) is 79.3 Å². The van der Waals surface area contributed by atoms with E-state index in [1.165, 1.54) is 7.11 Å². The molecule has 0 radical (unpaired) electrons. The summed E-state index contributed by atoms with van der Waals surface area (Å²) in [7, 11) is 5.49. The Morgan fingerprint density at radius 3 is 2.50 bits per heavy atom. The van der Waals surface area contributed by atoms with E-state index in [4.69, 9.17) is 9.47 Å². The van der Waals surface area contributed by atoms with Crippen molar-refractivity contribution in [2.75, 3.05) is 47.4 Å². The van der Waals surface area contributed by atoms with Gasteiger partial charge in [-0.2, -0.15) is 0 Å². The molecule has 7 heteroatoms. The van der Waals surface area contributed by atoms with Gasteiger partial charge in [-0.1, -0.05) is 0 Å². The molecule has 0 aliphatic carbocycles. The van der Waals surface area contributed by atoms with E-state index in [0.717, 1.165) is 26.1 Å². The van der Waals surface area contributed by atoms with Crippen LogP contribution in [0.15, 0.2) is 0 Å². The smallest absolute Gasteiger partial charge is 0.316 e. The Labute approximate surface area is 143 Å². The van der Waals surface area contributed by atoms with Crippen molar-refractivity contribution in [3.8, 4) is 0 Å². The van der Waals surface area contributed by atoms with E-state index in [9.17, 15) is 14.7 Å². The first-order valence-corrected chi connectivity index (χ1v) is 8.58. The maximum Gasteiger partial charge on any atom is 0.316 e. The lowest BCUT2D eigenvalue weighted by atomic mass is 9.89. The monoisotopic (exact) mass is 342 g/mol. The standard InChI is InChI=1S/C17H30N2O5/c1-13-14(20)6-8-17(22,23-4)7-5-9-19(3)16(10-18(2)11-16)12-24-15(13)21/h13,22H,5-12H2,1-4H3/t13?,17-/m1/s1. The van der Waals surface area contributed by atoms with E-state index in [1.807, 2.05) is 14.1 Å². The van der Waals surface area contributed by atoms with E-state index < -0.39 is 17.7 Å². The zero-order valence-electron chi connectivity index (χ0n) is 15.2. The highest BCUT2D eigenvalue weighted by Gasteiger charge is 2.46. The number of nitrogens with zero attached hydrogens (tertiary/aromatic N) is 2. The molecular weight excluding hydrogens is 312 g/mol. The number of rotatable bonds is 1. The van der Waals surface area contributed by atoms with Crippen molar-refractivity contribution in [3.05, 3.63) is 0 Å². The number of hydrogen-bond acceptors (Lipinski definition) is 7. The number of cyclic esters (lactones) is 1. The highest BCUT2D eigenvalue weighted by atomic mass is 16.6. The fourth-order valence-corrected chi connectivity index (χ4v) is 3.56. The van der Waals surface area contributed by atoms with Gasteiger partial charge in [0.05, 0.1) is 5.54 Å². The van der Waals surface area contributed by atoms with Crippen LogP contribution in [0.4, 0.5) is 0 Å². The molecule has 0 aromatic carbocycles. The largest absolute Gasteiger partial charge is 0.463 e. The summed E-state index contributed by atoms with van der Waals surface area (Å²) < 4.78 is 10.7. The van der Waals surface area contributed by atoms with Crippen LogP contribution >= 0.6 is 0 Å². The van der Waals surface area contributed by atoms with Crippen molar-refractivity contribution in [1.29, 1.82) is 0 Å². The van der Waals surface area contributed by atoms with Crippen LogP contribution in [0, 0.1) is 5.92 Å². The maximum atomic E-state index is 12.2. The van der Waals surface area contributed by atoms with Gasteiger partial charge in [0.1, 0.15) is 18.3 Å². The van der Waals surface area contributed by atoms with E-state index >= 15 is 0 Å². The maximum absolute atomic E-state index is 12.2. The number of hydrogen-bond donors (Lipinski definition) is 1. The number of ketones is 1. The van der Waals surface area contributed by atoms with Gasteiger partial charge in [-0.15, -0.1) is 0 Å². The Hall–Kier alpha value is -1.02. The highest BCUT2D eigenvalue weighted by molar-refractivity contribution is 5.98.